The van der Waals surface area contributed by atoms with E-state index < -0.39 is 39.2 Å². The second kappa shape index (κ2) is 8.36. The fraction of sp³-hybridized carbons (Fsp3) is 0.188. The summed E-state index contributed by atoms with van der Waals surface area (Å²) >= 11 is 17.2. The highest BCUT2D eigenvalue weighted by Crippen LogP contribution is 2.36. The normalized spacial score (nSPS) is 12.0. The lowest BCUT2D eigenvalue weighted by atomic mass is 10.2. The summed E-state index contributed by atoms with van der Waals surface area (Å²) in [6.07, 6.45) is -3.85. The zero-order valence-electron chi connectivity index (χ0n) is 14.0. The average Bonchev–Trinajstić information content (AvgIpc) is 2.51. The predicted molar refractivity (Wildman–Crippen MR) is 104 cm³/mol. The third kappa shape index (κ3) is 5.91. The number of rotatable bonds is 5. The van der Waals surface area contributed by atoms with E-state index in [-0.39, 0.29) is 21.4 Å². The van der Waals surface area contributed by atoms with Gasteiger partial charge in [0.2, 0.25) is 15.9 Å². The van der Waals surface area contributed by atoms with E-state index in [9.17, 15) is 26.4 Å². The first-order valence-electron chi connectivity index (χ1n) is 7.38. The van der Waals surface area contributed by atoms with Gasteiger partial charge in [0.15, 0.2) is 0 Å². The van der Waals surface area contributed by atoms with Crippen LogP contribution < -0.4 is 9.62 Å². The van der Waals surface area contributed by atoms with Crippen molar-refractivity contribution in [2.45, 2.75) is 6.18 Å². The molecule has 28 heavy (non-hydrogen) atoms. The third-order valence-corrected chi connectivity index (χ3v) is 5.28. The van der Waals surface area contributed by atoms with Crippen LogP contribution in [-0.4, -0.2) is 27.1 Å². The van der Waals surface area contributed by atoms with Gasteiger partial charge in [0.25, 0.3) is 0 Å². The van der Waals surface area contributed by atoms with Crippen molar-refractivity contribution in [3.8, 4) is 0 Å². The van der Waals surface area contributed by atoms with Gasteiger partial charge in [-0.25, -0.2) is 8.42 Å². The summed E-state index contributed by atoms with van der Waals surface area (Å²) in [6.45, 7) is -0.709. The van der Waals surface area contributed by atoms with Gasteiger partial charge >= 0.3 is 6.18 Å². The van der Waals surface area contributed by atoms with Crippen LogP contribution in [0.4, 0.5) is 24.5 Å². The van der Waals surface area contributed by atoms with Crippen molar-refractivity contribution in [2.24, 2.45) is 0 Å². The van der Waals surface area contributed by atoms with Crippen molar-refractivity contribution < 1.29 is 26.4 Å². The summed E-state index contributed by atoms with van der Waals surface area (Å²) in [5.74, 6) is -0.878. The Morgan fingerprint density at radius 2 is 1.64 bits per heavy atom. The summed E-state index contributed by atoms with van der Waals surface area (Å²) in [7, 11) is -3.92. The molecule has 0 saturated heterocycles. The smallest absolute Gasteiger partial charge is 0.324 e. The summed E-state index contributed by atoms with van der Waals surface area (Å²) in [5.41, 5.74) is -1.30. The molecule has 0 aliphatic rings. The molecule has 1 N–H and O–H groups in total. The van der Waals surface area contributed by atoms with E-state index in [1.54, 1.807) is 0 Å². The molecule has 2 rings (SSSR count). The van der Waals surface area contributed by atoms with Crippen molar-refractivity contribution in [2.75, 3.05) is 22.4 Å². The lowest BCUT2D eigenvalue weighted by molar-refractivity contribution is -0.137. The number of nitrogens with zero attached hydrogens (tertiary/aromatic N) is 1. The second-order valence-electron chi connectivity index (χ2n) is 5.64. The average molecular weight is 476 g/mol. The molecule has 0 aliphatic carbocycles. The van der Waals surface area contributed by atoms with Crippen molar-refractivity contribution >= 4 is 62.1 Å². The maximum absolute atomic E-state index is 12.9. The molecule has 0 aromatic heterocycles. The molecular weight excluding hydrogens is 464 g/mol. The number of anilines is 2. The van der Waals surface area contributed by atoms with Crippen molar-refractivity contribution in [1.29, 1.82) is 0 Å². The largest absolute Gasteiger partial charge is 0.417 e. The highest BCUT2D eigenvalue weighted by Gasteiger charge is 2.33. The van der Waals surface area contributed by atoms with E-state index in [2.05, 4.69) is 5.32 Å². The molecule has 0 radical (unpaired) electrons. The number of alkyl halides is 3. The van der Waals surface area contributed by atoms with E-state index in [1.165, 1.54) is 18.2 Å². The van der Waals surface area contributed by atoms with Crippen LogP contribution in [0.1, 0.15) is 5.56 Å². The van der Waals surface area contributed by atoms with E-state index >= 15 is 0 Å². The van der Waals surface area contributed by atoms with Crippen LogP contribution in [0.2, 0.25) is 15.1 Å². The number of hydrogen-bond donors (Lipinski definition) is 1. The lowest BCUT2D eigenvalue weighted by Gasteiger charge is -2.22. The van der Waals surface area contributed by atoms with Crippen molar-refractivity contribution in [1.82, 2.24) is 0 Å². The first kappa shape index (κ1) is 22.6. The summed E-state index contributed by atoms with van der Waals surface area (Å²) in [4.78, 5) is 12.3. The van der Waals surface area contributed by atoms with Crippen LogP contribution in [0.25, 0.3) is 0 Å². The molecule has 5 nitrogen and oxygen atoms in total. The van der Waals surface area contributed by atoms with Gasteiger partial charge in [-0.15, -0.1) is 0 Å². The van der Waals surface area contributed by atoms with E-state index in [4.69, 9.17) is 34.8 Å². The minimum atomic E-state index is -4.71. The number of sulfonamides is 1. The van der Waals surface area contributed by atoms with Crippen LogP contribution in [0.3, 0.4) is 0 Å². The second-order valence-corrected chi connectivity index (χ2v) is 8.82. The van der Waals surface area contributed by atoms with Gasteiger partial charge in [0.1, 0.15) is 6.54 Å². The number of benzene rings is 2. The Hall–Kier alpha value is -1.68. The number of carbonyl (C=O) groups is 1. The zero-order chi connectivity index (χ0) is 21.3. The van der Waals surface area contributed by atoms with E-state index in [1.807, 2.05) is 0 Å². The molecule has 0 bridgehead atoms. The Labute approximate surface area is 174 Å². The fourth-order valence-corrected chi connectivity index (χ4v) is 3.81. The van der Waals surface area contributed by atoms with Gasteiger partial charge in [0, 0.05) is 15.7 Å². The molecular formula is C16H12Cl3F3N2O3S. The van der Waals surface area contributed by atoms with Crippen LogP contribution >= 0.6 is 34.8 Å². The van der Waals surface area contributed by atoms with Gasteiger partial charge in [-0.2, -0.15) is 13.2 Å². The summed E-state index contributed by atoms with van der Waals surface area (Å²) in [6, 6.07) is 6.74. The monoisotopic (exact) mass is 474 g/mol. The molecule has 0 unspecified atom stereocenters. The van der Waals surface area contributed by atoms with Gasteiger partial charge in [0.05, 0.1) is 22.5 Å². The van der Waals surface area contributed by atoms with Gasteiger partial charge in [-0.3, -0.25) is 9.10 Å². The van der Waals surface area contributed by atoms with Gasteiger partial charge in [-0.1, -0.05) is 34.8 Å². The Morgan fingerprint density at radius 3 is 2.14 bits per heavy atom. The maximum Gasteiger partial charge on any atom is 0.417 e. The Morgan fingerprint density at radius 1 is 1.07 bits per heavy atom. The number of halogens is 6. The topological polar surface area (TPSA) is 66.5 Å². The summed E-state index contributed by atoms with van der Waals surface area (Å²) < 4.78 is 63.6. The highest BCUT2D eigenvalue weighted by molar-refractivity contribution is 7.92. The van der Waals surface area contributed by atoms with Crippen LogP contribution in [0.15, 0.2) is 36.4 Å². The highest BCUT2D eigenvalue weighted by atomic mass is 35.5. The molecule has 0 atom stereocenters. The molecule has 0 heterocycles. The first-order chi connectivity index (χ1) is 12.8. The fourth-order valence-electron chi connectivity index (χ4n) is 2.23. The van der Waals surface area contributed by atoms with E-state index in [0.29, 0.717) is 6.07 Å². The minimum absolute atomic E-state index is 0.0298. The van der Waals surface area contributed by atoms with Crippen molar-refractivity contribution in [3.63, 3.8) is 0 Å². The third-order valence-electron chi connectivity index (χ3n) is 3.38. The molecule has 12 heteroatoms. The summed E-state index contributed by atoms with van der Waals surface area (Å²) in [5, 5.41) is 1.97. The van der Waals surface area contributed by atoms with E-state index in [0.717, 1.165) is 22.7 Å². The Balaban J connectivity index is 2.28. The number of carbonyl (C=O) groups excluding carboxylic acids is 1. The molecule has 1 amide bonds. The number of nitrogens with one attached hydrogen (secondary N) is 1. The number of hydrogen-bond acceptors (Lipinski definition) is 3. The Kier molecular flexibility index (Phi) is 6.75. The molecule has 0 aliphatic heterocycles. The maximum atomic E-state index is 12.9. The molecule has 0 saturated carbocycles. The van der Waals surface area contributed by atoms with Crippen LogP contribution in [0, 0.1) is 0 Å². The Bertz CT molecular complexity index is 994. The van der Waals surface area contributed by atoms with Crippen LogP contribution in [0.5, 0.6) is 0 Å². The molecule has 0 fully saturated rings. The SMILES string of the molecule is CS(=O)(=O)N(CC(=O)Nc1ccc(Cl)c(C(F)(F)F)c1)c1cc(Cl)cc(Cl)c1. The van der Waals surface area contributed by atoms with Gasteiger partial charge < -0.3 is 5.32 Å². The number of amides is 1. The minimum Gasteiger partial charge on any atom is -0.324 e. The first-order valence-corrected chi connectivity index (χ1v) is 10.4. The molecule has 2 aromatic carbocycles. The molecule has 0 spiro atoms. The zero-order valence-corrected chi connectivity index (χ0v) is 17.1. The quantitative estimate of drug-likeness (QED) is 0.656. The lowest BCUT2D eigenvalue weighted by Crippen LogP contribution is -2.37. The molecule has 152 valence electrons. The van der Waals surface area contributed by atoms with Crippen LogP contribution in [-0.2, 0) is 21.0 Å². The molecule has 2 aromatic rings. The predicted octanol–water partition coefficient (Wildman–Crippen LogP) is 5.07. The standard InChI is InChI=1S/C16H12Cl3F3N2O3S/c1-28(26,27)24(12-5-9(17)4-10(18)6-12)8-15(25)23-11-2-3-14(19)13(7-11)16(20,21)22/h2-7H,8H2,1H3,(H,23,25). The van der Waals surface area contributed by atoms with Crippen molar-refractivity contribution in [3.05, 3.63) is 57.0 Å². The van der Waals surface area contributed by atoms with Gasteiger partial charge in [-0.05, 0) is 36.4 Å².